The van der Waals surface area contributed by atoms with Crippen LogP contribution in [0.4, 0.5) is 0 Å². The summed E-state index contributed by atoms with van der Waals surface area (Å²) in [5.74, 6) is -0.984. The third-order valence-electron chi connectivity index (χ3n) is 7.13. The SMILES string of the molecule is CC[C@H](NC(=O)c1cc(CN2CCOCC2)on1)C(=O)NCC(=O)N[C@@H](CC(C)C)C(=O)[C@@]1(C)CO1.Cc1ccccc1. The van der Waals surface area contributed by atoms with Gasteiger partial charge in [0.1, 0.15) is 11.6 Å². The zero-order chi connectivity index (χ0) is 31.4. The molecule has 0 unspecified atom stereocenters. The first-order valence-corrected chi connectivity index (χ1v) is 14.8. The van der Waals surface area contributed by atoms with E-state index >= 15 is 0 Å². The standard InChI is InChI=1S/C24H37N5O7.C7H8/c1-5-17(27-23(33)19-11-16(36-28-19)13-29-6-8-34-9-7-29)22(32)25-12-20(30)26-18(10-15(2)3)21(31)24(4)14-35-24;1-7-5-3-2-4-6-7/h11,15,17-18H,5-10,12-14H2,1-4H3,(H,25,32)(H,26,30)(H,27,33);2-6H,1H3/t17-,18-,24+;/m0./s1. The van der Waals surface area contributed by atoms with Crippen LogP contribution >= 0.6 is 0 Å². The van der Waals surface area contributed by atoms with Crippen LogP contribution in [0.15, 0.2) is 40.9 Å². The molecule has 0 saturated carbocycles. The highest BCUT2D eigenvalue weighted by Crippen LogP contribution is 2.29. The van der Waals surface area contributed by atoms with Crippen LogP contribution in [0.1, 0.15) is 62.3 Å². The fourth-order valence-corrected chi connectivity index (χ4v) is 4.45. The normalized spacial score (nSPS) is 19.4. The third kappa shape index (κ3) is 11.2. The molecule has 2 fully saturated rings. The zero-order valence-corrected chi connectivity index (χ0v) is 25.8. The number of epoxide rings is 1. The lowest BCUT2D eigenvalue weighted by Gasteiger charge is -2.25. The highest BCUT2D eigenvalue weighted by molar-refractivity contribution is 5.98. The van der Waals surface area contributed by atoms with Gasteiger partial charge < -0.3 is 29.9 Å². The van der Waals surface area contributed by atoms with Crippen molar-refractivity contribution in [3.8, 4) is 0 Å². The Hall–Kier alpha value is -3.61. The van der Waals surface area contributed by atoms with E-state index in [1.54, 1.807) is 19.9 Å². The zero-order valence-electron chi connectivity index (χ0n) is 25.8. The summed E-state index contributed by atoms with van der Waals surface area (Å²) in [4.78, 5) is 52.5. The van der Waals surface area contributed by atoms with E-state index in [-0.39, 0.29) is 23.9 Å². The van der Waals surface area contributed by atoms with E-state index in [4.69, 9.17) is 14.0 Å². The van der Waals surface area contributed by atoms with Crippen LogP contribution in [0.25, 0.3) is 0 Å². The molecule has 0 radical (unpaired) electrons. The molecule has 236 valence electrons. The highest BCUT2D eigenvalue weighted by Gasteiger charge is 2.50. The predicted molar refractivity (Wildman–Crippen MR) is 159 cm³/mol. The smallest absolute Gasteiger partial charge is 0.274 e. The van der Waals surface area contributed by atoms with Crippen LogP contribution in [-0.2, 0) is 30.4 Å². The fraction of sp³-hybridized carbons (Fsp3) is 0.581. The molecule has 2 aromatic rings. The molecule has 0 spiro atoms. The minimum absolute atomic E-state index is 0.0769. The first-order valence-electron chi connectivity index (χ1n) is 14.8. The molecule has 3 N–H and O–H groups in total. The van der Waals surface area contributed by atoms with Gasteiger partial charge in [-0.3, -0.25) is 24.1 Å². The van der Waals surface area contributed by atoms with Crippen LogP contribution in [0, 0.1) is 12.8 Å². The Morgan fingerprint density at radius 2 is 1.72 bits per heavy atom. The number of nitrogens with one attached hydrogen (secondary N) is 3. The van der Waals surface area contributed by atoms with Crippen molar-refractivity contribution in [2.75, 3.05) is 39.5 Å². The van der Waals surface area contributed by atoms with Crippen molar-refractivity contribution >= 4 is 23.5 Å². The summed E-state index contributed by atoms with van der Waals surface area (Å²) >= 11 is 0. The van der Waals surface area contributed by atoms with E-state index in [0.717, 1.165) is 13.1 Å². The third-order valence-corrected chi connectivity index (χ3v) is 7.13. The van der Waals surface area contributed by atoms with Gasteiger partial charge in [0.05, 0.1) is 39.0 Å². The van der Waals surface area contributed by atoms with Gasteiger partial charge in [-0.25, -0.2) is 0 Å². The molecule has 0 bridgehead atoms. The van der Waals surface area contributed by atoms with Crippen LogP contribution in [-0.4, -0.2) is 90.7 Å². The second-order valence-corrected chi connectivity index (χ2v) is 11.5. The number of nitrogens with zero attached hydrogens (tertiary/aromatic N) is 2. The summed E-state index contributed by atoms with van der Waals surface area (Å²) < 4.78 is 15.8. The number of ether oxygens (including phenoxy) is 2. The number of ketones is 1. The van der Waals surface area contributed by atoms with Crippen LogP contribution < -0.4 is 16.0 Å². The number of carbonyl (C=O) groups excluding carboxylic acids is 4. The van der Waals surface area contributed by atoms with Crippen molar-refractivity contribution in [2.24, 2.45) is 5.92 Å². The van der Waals surface area contributed by atoms with Crippen molar-refractivity contribution in [3.05, 3.63) is 53.4 Å². The summed E-state index contributed by atoms with van der Waals surface area (Å²) in [7, 11) is 0. The molecule has 2 aliphatic heterocycles. The Labute approximate surface area is 253 Å². The molecule has 43 heavy (non-hydrogen) atoms. The van der Waals surface area contributed by atoms with Crippen LogP contribution in [0.5, 0.6) is 0 Å². The topological polar surface area (TPSA) is 155 Å². The van der Waals surface area contributed by atoms with Gasteiger partial charge in [-0.15, -0.1) is 0 Å². The Kier molecular flexibility index (Phi) is 12.8. The largest absolute Gasteiger partial charge is 0.379 e. The Morgan fingerprint density at radius 1 is 1.05 bits per heavy atom. The number of aryl methyl sites for hydroxylation is 1. The van der Waals surface area contributed by atoms with Gasteiger partial charge in [-0.05, 0) is 32.6 Å². The summed E-state index contributed by atoms with van der Waals surface area (Å²) in [6.45, 7) is 12.8. The minimum Gasteiger partial charge on any atom is -0.379 e. The number of amides is 3. The van der Waals surface area contributed by atoms with Crippen molar-refractivity contribution in [1.82, 2.24) is 26.0 Å². The second-order valence-electron chi connectivity index (χ2n) is 11.5. The average molecular weight is 600 g/mol. The van der Waals surface area contributed by atoms with E-state index in [0.29, 0.717) is 45.0 Å². The number of morpholine rings is 1. The van der Waals surface area contributed by atoms with E-state index in [1.165, 1.54) is 5.56 Å². The molecule has 2 aliphatic rings. The molecule has 3 atom stereocenters. The van der Waals surface area contributed by atoms with Crippen molar-refractivity contribution in [1.29, 1.82) is 0 Å². The number of Topliss-reactive ketones (excluding diaryl/α,β-unsaturated/α-hetero) is 1. The van der Waals surface area contributed by atoms with Gasteiger partial charge in [-0.2, -0.15) is 0 Å². The molecule has 12 nitrogen and oxygen atoms in total. The maximum absolute atomic E-state index is 12.7. The van der Waals surface area contributed by atoms with E-state index in [2.05, 4.69) is 45.1 Å². The van der Waals surface area contributed by atoms with E-state index < -0.39 is 35.4 Å². The van der Waals surface area contributed by atoms with Gasteiger partial charge in [-0.1, -0.05) is 61.8 Å². The maximum Gasteiger partial charge on any atom is 0.274 e. The van der Waals surface area contributed by atoms with Gasteiger partial charge >= 0.3 is 0 Å². The summed E-state index contributed by atoms with van der Waals surface area (Å²) in [5, 5.41) is 11.7. The Bertz CT molecular complexity index is 1210. The minimum atomic E-state index is -0.864. The van der Waals surface area contributed by atoms with E-state index in [1.807, 2.05) is 32.0 Å². The molecule has 1 aromatic carbocycles. The molecule has 3 amide bonds. The molecule has 12 heteroatoms. The van der Waals surface area contributed by atoms with Gasteiger partial charge in [0, 0.05) is 19.2 Å². The van der Waals surface area contributed by atoms with Gasteiger partial charge in [0.15, 0.2) is 17.2 Å². The predicted octanol–water partition coefficient (Wildman–Crippen LogP) is 2.02. The van der Waals surface area contributed by atoms with Crippen molar-refractivity contribution < 1.29 is 33.2 Å². The lowest BCUT2D eigenvalue weighted by atomic mass is 9.93. The molecule has 1 aromatic heterocycles. The number of rotatable bonds is 13. The van der Waals surface area contributed by atoms with Crippen LogP contribution in [0.3, 0.4) is 0 Å². The number of benzene rings is 1. The van der Waals surface area contributed by atoms with Gasteiger partial charge in [0.25, 0.3) is 5.91 Å². The Balaban J connectivity index is 0.000000633. The van der Waals surface area contributed by atoms with Crippen LogP contribution in [0.2, 0.25) is 0 Å². The molecular weight excluding hydrogens is 554 g/mol. The summed E-state index contributed by atoms with van der Waals surface area (Å²) in [6, 6.07) is 10.3. The Morgan fingerprint density at radius 3 is 2.28 bits per heavy atom. The number of hydrogen-bond donors (Lipinski definition) is 3. The first-order chi connectivity index (χ1) is 20.5. The highest BCUT2D eigenvalue weighted by atomic mass is 16.6. The maximum atomic E-state index is 12.7. The van der Waals surface area contributed by atoms with Crippen molar-refractivity contribution in [2.45, 2.75) is 71.7 Å². The monoisotopic (exact) mass is 599 g/mol. The molecular formula is C31H45N5O7. The van der Waals surface area contributed by atoms with E-state index in [9.17, 15) is 19.2 Å². The quantitative estimate of drug-likeness (QED) is 0.293. The average Bonchev–Trinajstić information content (AvgIpc) is 3.57. The van der Waals surface area contributed by atoms with Gasteiger partial charge in [0.2, 0.25) is 11.8 Å². The number of aromatic nitrogens is 1. The van der Waals surface area contributed by atoms with Crippen molar-refractivity contribution in [3.63, 3.8) is 0 Å². The summed E-state index contributed by atoms with van der Waals surface area (Å²) in [5.41, 5.74) is 0.548. The second kappa shape index (κ2) is 16.3. The first kappa shape index (κ1) is 33.9. The summed E-state index contributed by atoms with van der Waals surface area (Å²) in [6.07, 6.45) is 0.776. The lowest BCUT2D eigenvalue weighted by molar-refractivity contribution is -0.131. The fourth-order valence-electron chi connectivity index (χ4n) is 4.45. The molecule has 0 aliphatic carbocycles. The number of hydrogen-bond acceptors (Lipinski definition) is 9. The molecule has 2 saturated heterocycles. The molecule has 3 heterocycles. The molecule has 4 rings (SSSR count). The number of carbonyl (C=O) groups is 4. The lowest BCUT2D eigenvalue weighted by Crippen LogP contribution is -2.52.